The van der Waals surface area contributed by atoms with Crippen LogP contribution >= 0.6 is 38.9 Å². The number of hydrogen-bond donors (Lipinski definition) is 0. The van der Waals surface area contributed by atoms with E-state index in [1.54, 1.807) is 11.3 Å². The summed E-state index contributed by atoms with van der Waals surface area (Å²) in [5, 5.41) is 0. The number of hydrogen-bond acceptors (Lipinski definition) is 1. The summed E-state index contributed by atoms with van der Waals surface area (Å²) in [7, 11) is 0. The molecule has 14 heavy (non-hydrogen) atoms. The van der Waals surface area contributed by atoms with E-state index in [4.69, 9.17) is 11.6 Å². The fourth-order valence-corrected chi connectivity index (χ4v) is 5.29. The Balaban J connectivity index is 1.75. The quantitative estimate of drug-likeness (QED) is 0.681. The molecule has 2 aliphatic rings. The summed E-state index contributed by atoms with van der Waals surface area (Å²) in [5.41, 5.74) is 0. The molecule has 3 rings (SSSR count). The second-order valence-electron chi connectivity index (χ2n) is 4.38. The Morgan fingerprint density at radius 3 is 2.64 bits per heavy atom. The molecular formula is C11H12BrClS. The van der Waals surface area contributed by atoms with Crippen molar-refractivity contribution in [2.24, 2.45) is 17.8 Å². The Labute approximate surface area is 102 Å². The zero-order valence-electron chi connectivity index (χ0n) is 7.75. The van der Waals surface area contributed by atoms with Gasteiger partial charge in [-0.25, -0.2) is 0 Å². The molecule has 3 heteroatoms. The first kappa shape index (κ1) is 9.68. The fourth-order valence-electron chi connectivity index (χ4n) is 2.98. The Bertz CT molecular complexity index is 339. The minimum atomic E-state index is 0.565. The van der Waals surface area contributed by atoms with Gasteiger partial charge in [0.2, 0.25) is 0 Å². The highest BCUT2D eigenvalue weighted by atomic mass is 79.9. The second kappa shape index (κ2) is 3.50. The topological polar surface area (TPSA) is 0 Å². The highest BCUT2D eigenvalue weighted by Crippen LogP contribution is 2.64. The Morgan fingerprint density at radius 1 is 1.36 bits per heavy atom. The molecule has 2 aliphatic carbocycles. The molecule has 3 unspecified atom stereocenters. The third-order valence-corrected chi connectivity index (χ3v) is 6.40. The molecule has 1 aromatic heterocycles. The van der Waals surface area contributed by atoms with Crippen LogP contribution in [0.5, 0.6) is 0 Å². The smallest absolute Gasteiger partial charge is 0.0931 e. The maximum absolute atomic E-state index is 5.95. The van der Waals surface area contributed by atoms with Gasteiger partial charge in [-0.05, 0) is 42.7 Å². The van der Waals surface area contributed by atoms with E-state index in [0.717, 1.165) is 22.1 Å². The van der Waals surface area contributed by atoms with Gasteiger partial charge in [0, 0.05) is 4.88 Å². The van der Waals surface area contributed by atoms with E-state index in [2.05, 4.69) is 22.0 Å². The lowest BCUT2D eigenvalue weighted by Gasteiger charge is -2.09. The third kappa shape index (κ3) is 1.46. The maximum atomic E-state index is 5.95. The van der Waals surface area contributed by atoms with Crippen molar-refractivity contribution in [2.45, 2.75) is 24.1 Å². The molecule has 0 aromatic carbocycles. The van der Waals surface area contributed by atoms with Crippen LogP contribution in [0.1, 0.15) is 29.0 Å². The zero-order valence-corrected chi connectivity index (χ0v) is 10.9. The van der Waals surface area contributed by atoms with E-state index in [-0.39, 0.29) is 0 Å². The van der Waals surface area contributed by atoms with Gasteiger partial charge in [-0.3, -0.25) is 0 Å². The van der Waals surface area contributed by atoms with Crippen molar-refractivity contribution in [2.75, 3.05) is 0 Å². The summed E-state index contributed by atoms with van der Waals surface area (Å²) in [6.07, 6.45) is 4.36. The van der Waals surface area contributed by atoms with Crippen molar-refractivity contribution < 1.29 is 0 Å². The number of rotatable bonds is 2. The predicted octanol–water partition coefficient (Wildman–Crippen LogP) is 4.88. The summed E-state index contributed by atoms with van der Waals surface area (Å²) >= 11 is 11.5. The van der Waals surface area contributed by atoms with E-state index in [0.29, 0.717) is 4.83 Å². The summed E-state index contributed by atoms with van der Waals surface area (Å²) < 4.78 is 0.912. The van der Waals surface area contributed by atoms with Gasteiger partial charge < -0.3 is 0 Å². The average molecular weight is 292 g/mol. The molecule has 3 atom stereocenters. The summed E-state index contributed by atoms with van der Waals surface area (Å²) in [6, 6.07) is 4.18. The van der Waals surface area contributed by atoms with Gasteiger partial charge >= 0.3 is 0 Å². The van der Waals surface area contributed by atoms with Crippen LogP contribution in [-0.4, -0.2) is 0 Å². The van der Waals surface area contributed by atoms with Crippen LogP contribution in [0.15, 0.2) is 12.1 Å². The summed E-state index contributed by atoms with van der Waals surface area (Å²) in [4.78, 5) is 1.98. The van der Waals surface area contributed by atoms with Gasteiger partial charge in [0.25, 0.3) is 0 Å². The first-order chi connectivity index (χ1) is 6.77. The van der Waals surface area contributed by atoms with Crippen LogP contribution in [-0.2, 0) is 0 Å². The molecule has 76 valence electrons. The van der Waals surface area contributed by atoms with E-state index in [9.17, 15) is 0 Å². The van der Waals surface area contributed by atoms with E-state index in [1.165, 1.54) is 24.1 Å². The molecule has 0 N–H and O–H groups in total. The van der Waals surface area contributed by atoms with Gasteiger partial charge in [0.1, 0.15) is 0 Å². The minimum absolute atomic E-state index is 0.565. The van der Waals surface area contributed by atoms with Crippen LogP contribution in [0.2, 0.25) is 4.34 Å². The van der Waals surface area contributed by atoms with Crippen molar-refractivity contribution >= 4 is 38.9 Å². The highest BCUT2D eigenvalue weighted by Gasteiger charge is 2.55. The maximum Gasteiger partial charge on any atom is 0.0931 e. The molecule has 0 nitrogen and oxygen atoms in total. The van der Waals surface area contributed by atoms with Crippen LogP contribution in [0.3, 0.4) is 0 Å². The first-order valence-electron chi connectivity index (χ1n) is 5.16. The van der Waals surface area contributed by atoms with Crippen molar-refractivity contribution in [3.63, 3.8) is 0 Å². The van der Waals surface area contributed by atoms with Crippen molar-refractivity contribution in [3.05, 3.63) is 21.3 Å². The lowest BCUT2D eigenvalue weighted by molar-refractivity contribution is 0.586. The summed E-state index contributed by atoms with van der Waals surface area (Å²) in [6.45, 7) is 0. The lowest BCUT2D eigenvalue weighted by atomic mass is 10.1. The zero-order chi connectivity index (χ0) is 9.71. The minimum Gasteiger partial charge on any atom is -0.127 e. The largest absolute Gasteiger partial charge is 0.127 e. The van der Waals surface area contributed by atoms with Crippen LogP contribution < -0.4 is 0 Å². The van der Waals surface area contributed by atoms with Crippen molar-refractivity contribution in [1.82, 2.24) is 0 Å². The van der Waals surface area contributed by atoms with Gasteiger partial charge in [0.15, 0.2) is 0 Å². The Hall–Kier alpha value is 0.470. The molecule has 0 amide bonds. The van der Waals surface area contributed by atoms with Crippen molar-refractivity contribution in [1.29, 1.82) is 0 Å². The predicted molar refractivity (Wildman–Crippen MR) is 65.3 cm³/mol. The SMILES string of the molecule is Clc1ccc(C(Br)C2C3CCCC32)s1. The fraction of sp³-hybridized carbons (Fsp3) is 0.636. The van der Waals surface area contributed by atoms with Crippen molar-refractivity contribution in [3.8, 4) is 0 Å². The average Bonchev–Trinajstić information content (AvgIpc) is 2.56. The normalized spacial score (nSPS) is 36.9. The monoisotopic (exact) mass is 290 g/mol. The third-order valence-electron chi connectivity index (χ3n) is 3.68. The van der Waals surface area contributed by atoms with Gasteiger partial charge in [-0.1, -0.05) is 34.0 Å². The van der Waals surface area contributed by atoms with E-state index < -0.39 is 0 Å². The number of halogens is 2. The van der Waals surface area contributed by atoms with Gasteiger partial charge in [0.05, 0.1) is 9.16 Å². The molecule has 1 heterocycles. The Morgan fingerprint density at radius 2 is 2.07 bits per heavy atom. The molecule has 0 bridgehead atoms. The van der Waals surface area contributed by atoms with Gasteiger partial charge in [-0.15, -0.1) is 11.3 Å². The standard InChI is InChI=1S/C11H12BrClS/c12-11(8-4-5-9(13)14-8)10-6-2-1-3-7(6)10/h4-7,10-11H,1-3H2. The van der Waals surface area contributed by atoms with Gasteiger partial charge in [-0.2, -0.15) is 0 Å². The number of thiophene rings is 1. The number of alkyl halides is 1. The second-order valence-corrected chi connectivity index (χ2v) is 7.11. The summed E-state index contributed by atoms with van der Waals surface area (Å²) in [5.74, 6) is 2.93. The first-order valence-corrected chi connectivity index (χ1v) is 7.27. The molecule has 2 saturated carbocycles. The van der Waals surface area contributed by atoms with E-state index in [1.807, 2.05) is 6.07 Å². The Kier molecular flexibility index (Phi) is 2.42. The molecule has 1 aromatic rings. The number of fused-ring (bicyclic) bond motifs is 1. The lowest BCUT2D eigenvalue weighted by Crippen LogP contribution is -1.95. The molecule has 0 spiro atoms. The van der Waals surface area contributed by atoms with Crippen LogP contribution in [0, 0.1) is 17.8 Å². The molecule has 0 aliphatic heterocycles. The molecular weight excluding hydrogens is 280 g/mol. The van der Waals surface area contributed by atoms with E-state index >= 15 is 0 Å². The molecule has 2 fully saturated rings. The van der Waals surface area contributed by atoms with Crippen LogP contribution in [0.4, 0.5) is 0 Å². The molecule has 0 radical (unpaired) electrons. The molecule has 0 saturated heterocycles. The van der Waals surface area contributed by atoms with Crippen LogP contribution in [0.25, 0.3) is 0 Å². The highest BCUT2D eigenvalue weighted by molar-refractivity contribution is 9.09.